The lowest BCUT2D eigenvalue weighted by atomic mass is 10.0. The van der Waals surface area contributed by atoms with Crippen molar-refractivity contribution < 1.29 is 23.7 Å². The Balaban J connectivity index is 1.32. The first-order chi connectivity index (χ1) is 16.6. The first-order valence-corrected chi connectivity index (χ1v) is 11.5. The van der Waals surface area contributed by atoms with E-state index in [9.17, 15) is 4.79 Å². The molecular formula is C26H19Cl2NO5. The van der Waals surface area contributed by atoms with Crippen LogP contribution in [0.2, 0.25) is 10.0 Å². The van der Waals surface area contributed by atoms with Crippen LogP contribution in [-0.4, -0.2) is 24.2 Å². The summed E-state index contributed by atoms with van der Waals surface area (Å²) in [5.74, 6) is 1.90. The maximum absolute atomic E-state index is 13.2. The minimum atomic E-state index is -0.193. The quantitative estimate of drug-likeness (QED) is 0.426. The van der Waals surface area contributed by atoms with E-state index in [-0.39, 0.29) is 18.3 Å². The lowest BCUT2D eigenvalue weighted by molar-refractivity contribution is -0.0165. The van der Waals surface area contributed by atoms with E-state index >= 15 is 0 Å². The maximum Gasteiger partial charge on any atom is 0.231 e. The molecule has 0 atom stereocenters. The summed E-state index contributed by atoms with van der Waals surface area (Å²) in [5, 5.41) is 1.24. The van der Waals surface area contributed by atoms with Crippen LogP contribution >= 0.6 is 23.2 Å². The zero-order valence-corrected chi connectivity index (χ0v) is 19.5. The van der Waals surface area contributed by atoms with E-state index in [0.717, 1.165) is 16.7 Å². The van der Waals surface area contributed by atoms with E-state index in [1.807, 2.05) is 30.3 Å². The van der Waals surface area contributed by atoms with Gasteiger partial charge in [0.05, 0.1) is 17.7 Å². The highest BCUT2D eigenvalue weighted by molar-refractivity contribution is 6.31. The maximum atomic E-state index is 13.2. The molecule has 0 bridgehead atoms. The molecule has 0 amide bonds. The molecule has 3 aromatic carbocycles. The first-order valence-electron chi connectivity index (χ1n) is 10.8. The minimum absolute atomic E-state index is 0.145. The molecule has 0 saturated heterocycles. The molecular weight excluding hydrogens is 477 g/mol. The molecule has 3 aliphatic heterocycles. The van der Waals surface area contributed by atoms with Crippen molar-refractivity contribution in [2.45, 2.75) is 19.7 Å². The summed E-state index contributed by atoms with van der Waals surface area (Å²) in [6, 6.07) is 14.9. The fraction of sp³-hybridized carbons (Fsp3) is 0.192. The monoisotopic (exact) mass is 495 g/mol. The molecule has 0 unspecified atom stereocenters. The SMILES string of the molecule is O=C1/C(=C/c2cc(Cl)cc3c2OCOC3)Oc2c1ccc1c2CN(Cc2ccccc2Cl)CO1. The second-order valence-electron chi connectivity index (χ2n) is 8.30. The Morgan fingerprint density at radius 1 is 1.03 bits per heavy atom. The molecule has 0 aromatic heterocycles. The Morgan fingerprint density at radius 2 is 1.91 bits per heavy atom. The first kappa shape index (κ1) is 21.5. The molecule has 172 valence electrons. The number of Topliss-reactive ketones (excluding diaryl/α,β-unsaturated/α-hetero) is 1. The Hall–Kier alpha value is -3.03. The van der Waals surface area contributed by atoms with Crippen LogP contribution in [0.25, 0.3) is 6.08 Å². The Bertz CT molecular complexity index is 1350. The highest BCUT2D eigenvalue weighted by Crippen LogP contribution is 2.43. The molecule has 0 spiro atoms. The second-order valence-corrected chi connectivity index (χ2v) is 9.15. The number of allylic oxidation sites excluding steroid dienone is 1. The van der Waals surface area contributed by atoms with Crippen molar-refractivity contribution >= 4 is 35.1 Å². The van der Waals surface area contributed by atoms with Crippen LogP contribution in [0, 0.1) is 0 Å². The number of hydrogen-bond acceptors (Lipinski definition) is 6. The normalized spacial score (nSPS) is 17.9. The molecule has 8 heteroatoms. The molecule has 0 saturated carbocycles. The van der Waals surface area contributed by atoms with Crippen LogP contribution in [-0.2, 0) is 24.4 Å². The molecule has 0 radical (unpaired) electrons. The smallest absolute Gasteiger partial charge is 0.231 e. The van der Waals surface area contributed by atoms with Crippen LogP contribution in [0.1, 0.15) is 32.6 Å². The standard InChI is InChI=1S/C26H19Cl2NO5/c27-18-7-16(25-17(8-18)12-31-14-33-25)9-23-24(30)19-5-6-22-20(26(19)34-23)11-29(13-32-22)10-15-3-1-2-4-21(15)28/h1-9H,10-14H2/b23-9-. The molecule has 3 aliphatic rings. The van der Waals surface area contributed by atoms with Gasteiger partial charge in [-0.25, -0.2) is 0 Å². The van der Waals surface area contributed by atoms with Crippen molar-refractivity contribution in [1.82, 2.24) is 4.90 Å². The lowest BCUT2D eigenvalue weighted by Gasteiger charge is -2.30. The molecule has 6 rings (SSSR count). The highest BCUT2D eigenvalue weighted by atomic mass is 35.5. The molecule has 3 heterocycles. The summed E-state index contributed by atoms with van der Waals surface area (Å²) < 4.78 is 23.1. The summed E-state index contributed by atoms with van der Waals surface area (Å²) in [4.78, 5) is 15.3. The number of carbonyl (C=O) groups excluding carboxylic acids is 1. The molecule has 3 aromatic rings. The highest BCUT2D eigenvalue weighted by Gasteiger charge is 2.34. The molecule has 0 aliphatic carbocycles. The van der Waals surface area contributed by atoms with Gasteiger partial charge in [-0.2, -0.15) is 0 Å². The zero-order valence-electron chi connectivity index (χ0n) is 18.0. The van der Waals surface area contributed by atoms with E-state index < -0.39 is 0 Å². The Labute approximate surface area is 206 Å². The van der Waals surface area contributed by atoms with Crippen LogP contribution in [0.5, 0.6) is 17.2 Å². The third-order valence-electron chi connectivity index (χ3n) is 6.02. The molecule has 0 N–H and O–H groups in total. The van der Waals surface area contributed by atoms with E-state index in [4.69, 9.17) is 42.1 Å². The van der Waals surface area contributed by atoms with Gasteiger partial charge in [-0.3, -0.25) is 9.69 Å². The van der Waals surface area contributed by atoms with Crippen molar-refractivity contribution in [3.63, 3.8) is 0 Å². The number of rotatable bonds is 3. The van der Waals surface area contributed by atoms with Gasteiger partial charge in [0, 0.05) is 34.3 Å². The van der Waals surface area contributed by atoms with Crippen molar-refractivity contribution in [2.75, 3.05) is 13.5 Å². The molecule has 6 nitrogen and oxygen atoms in total. The number of fused-ring (bicyclic) bond motifs is 4. The molecule has 34 heavy (non-hydrogen) atoms. The van der Waals surface area contributed by atoms with Gasteiger partial charge in [0.25, 0.3) is 0 Å². The van der Waals surface area contributed by atoms with Crippen LogP contribution in [0.3, 0.4) is 0 Å². The fourth-order valence-electron chi connectivity index (χ4n) is 4.43. The van der Waals surface area contributed by atoms with Gasteiger partial charge in [0.1, 0.15) is 24.0 Å². The summed E-state index contributed by atoms with van der Waals surface area (Å²) in [7, 11) is 0. The van der Waals surface area contributed by atoms with E-state index in [0.29, 0.717) is 64.8 Å². The summed E-state index contributed by atoms with van der Waals surface area (Å²) in [6.45, 7) is 2.14. The van der Waals surface area contributed by atoms with Crippen molar-refractivity contribution in [3.05, 3.63) is 92.2 Å². The zero-order chi connectivity index (χ0) is 23.2. The van der Waals surface area contributed by atoms with Gasteiger partial charge < -0.3 is 18.9 Å². The van der Waals surface area contributed by atoms with Crippen molar-refractivity contribution in [2.24, 2.45) is 0 Å². The number of halogens is 2. The lowest BCUT2D eigenvalue weighted by Crippen LogP contribution is -2.31. The Morgan fingerprint density at radius 3 is 2.79 bits per heavy atom. The molecule has 0 fully saturated rings. The summed E-state index contributed by atoms with van der Waals surface area (Å²) >= 11 is 12.6. The third-order valence-corrected chi connectivity index (χ3v) is 6.61. The number of carbonyl (C=O) groups is 1. The number of ketones is 1. The van der Waals surface area contributed by atoms with Gasteiger partial charge in [-0.1, -0.05) is 41.4 Å². The number of ether oxygens (including phenoxy) is 4. The van der Waals surface area contributed by atoms with Crippen LogP contribution in [0.15, 0.2) is 54.3 Å². The number of benzene rings is 3. The minimum Gasteiger partial charge on any atom is -0.478 e. The number of nitrogens with zero attached hydrogens (tertiary/aromatic N) is 1. The number of hydrogen-bond donors (Lipinski definition) is 0. The largest absolute Gasteiger partial charge is 0.478 e. The van der Waals surface area contributed by atoms with Gasteiger partial charge in [0.15, 0.2) is 12.6 Å². The van der Waals surface area contributed by atoms with Gasteiger partial charge in [-0.05, 0) is 42.0 Å². The van der Waals surface area contributed by atoms with E-state index in [1.165, 1.54) is 0 Å². The predicted molar refractivity (Wildman–Crippen MR) is 127 cm³/mol. The predicted octanol–water partition coefficient (Wildman–Crippen LogP) is 5.83. The van der Waals surface area contributed by atoms with E-state index in [1.54, 1.807) is 24.3 Å². The summed E-state index contributed by atoms with van der Waals surface area (Å²) in [5.41, 5.74) is 3.86. The second kappa shape index (κ2) is 8.64. The fourth-order valence-corrected chi connectivity index (χ4v) is 4.88. The van der Waals surface area contributed by atoms with Crippen molar-refractivity contribution in [1.29, 1.82) is 0 Å². The average Bonchev–Trinajstić information content (AvgIpc) is 3.16. The Kier molecular flexibility index (Phi) is 5.46. The summed E-state index contributed by atoms with van der Waals surface area (Å²) in [6.07, 6.45) is 1.68. The van der Waals surface area contributed by atoms with Gasteiger partial charge in [0.2, 0.25) is 5.78 Å². The average molecular weight is 496 g/mol. The third kappa shape index (κ3) is 3.83. The van der Waals surface area contributed by atoms with Crippen LogP contribution < -0.4 is 14.2 Å². The van der Waals surface area contributed by atoms with Gasteiger partial charge >= 0.3 is 0 Å². The topological polar surface area (TPSA) is 57.2 Å². The van der Waals surface area contributed by atoms with Gasteiger partial charge in [-0.15, -0.1) is 0 Å². The van der Waals surface area contributed by atoms with Crippen LogP contribution in [0.4, 0.5) is 0 Å². The van der Waals surface area contributed by atoms with Crippen molar-refractivity contribution in [3.8, 4) is 17.2 Å². The van der Waals surface area contributed by atoms with E-state index in [2.05, 4.69) is 4.90 Å².